The monoisotopic (exact) mass is 355 g/mol. The summed E-state index contributed by atoms with van der Waals surface area (Å²) in [6, 6.07) is 16.6. The van der Waals surface area contributed by atoms with Crippen molar-refractivity contribution in [2.24, 2.45) is 0 Å². The first-order chi connectivity index (χ1) is 12.5. The highest BCUT2D eigenvalue weighted by Gasteiger charge is 2.27. The lowest BCUT2D eigenvalue weighted by Crippen LogP contribution is -2.54. The lowest BCUT2D eigenvalue weighted by atomic mass is 10.1. The molecule has 5 heteroatoms. The van der Waals surface area contributed by atoms with Crippen molar-refractivity contribution in [3.8, 4) is 0 Å². The number of likely N-dealkylation sites (N-methyl/N-ethyl adjacent to an activating group) is 1. The molecule has 0 unspecified atom stereocenters. The number of piperazine rings is 1. The Morgan fingerprint density at radius 3 is 2.42 bits per heavy atom. The molecule has 1 amide bonds. The molecule has 0 aromatic heterocycles. The van der Waals surface area contributed by atoms with Gasteiger partial charge >= 0.3 is 0 Å². The number of halogens is 1. The molecule has 3 rings (SSSR count). The van der Waals surface area contributed by atoms with Gasteiger partial charge in [-0.2, -0.15) is 0 Å². The van der Waals surface area contributed by atoms with Gasteiger partial charge in [0.25, 0.3) is 0 Å². The number of carbonyl (C=O) groups is 1. The van der Waals surface area contributed by atoms with Crippen molar-refractivity contribution in [3.05, 3.63) is 66.0 Å². The number of para-hydroxylation sites is 1. The standard InChI is InChI=1S/C21H26FN3O/c1-17(21(26)23(2)16-18-7-6-8-19(22)15-18)24-11-13-25(14-12-24)20-9-4-3-5-10-20/h3-10,15,17H,11-14,16H2,1-2H3/t17-/m1/s1. The molecule has 26 heavy (non-hydrogen) atoms. The number of amides is 1. The average molecular weight is 355 g/mol. The molecule has 0 bridgehead atoms. The molecule has 1 fully saturated rings. The highest BCUT2D eigenvalue weighted by Crippen LogP contribution is 2.17. The summed E-state index contributed by atoms with van der Waals surface area (Å²) >= 11 is 0. The Kier molecular flexibility index (Phi) is 5.89. The van der Waals surface area contributed by atoms with Gasteiger partial charge in [0.1, 0.15) is 5.82 Å². The Hall–Kier alpha value is -2.40. The molecule has 0 N–H and O–H groups in total. The van der Waals surface area contributed by atoms with Gasteiger partial charge in [0.15, 0.2) is 0 Å². The van der Waals surface area contributed by atoms with Gasteiger partial charge in [-0.3, -0.25) is 9.69 Å². The summed E-state index contributed by atoms with van der Waals surface area (Å²) in [5.41, 5.74) is 2.04. The maximum atomic E-state index is 13.3. The van der Waals surface area contributed by atoms with E-state index in [9.17, 15) is 9.18 Å². The van der Waals surface area contributed by atoms with Crippen molar-refractivity contribution >= 4 is 11.6 Å². The summed E-state index contributed by atoms with van der Waals surface area (Å²) in [4.78, 5) is 19.0. The maximum Gasteiger partial charge on any atom is 0.239 e. The van der Waals surface area contributed by atoms with E-state index < -0.39 is 0 Å². The number of hydrogen-bond donors (Lipinski definition) is 0. The SMILES string of the molecule is C[C@H](C(=O)N(C)Cc1cccc(F)c1)N1CCN(c2ccccc2)CC1. The van der Waals surface area contributed by atoms with Gasteiger partial charge in [-0.15, -0.1) is 0 Å². The van der Waals surface area contributed by atoms with E-state index in [2.05, 4.69) is 34.1 Å². The number of benzene rings is 2. The summed E-state index contributed by atoms with van der Waals surface area (Å²) in [6.07, 6.45) is 0. The van der Waals surface area contributed by atoms with E-state index in [4.69, 9.17) is 0 Å². The second-order valence-electron chi connectivity index (χ2n) is 6.86. The molecule has 138 valence electrons. The third-order valence-corrected chi connectivity index (χ3v) is 5.03. The highest BCUT2D eigenvalue weighted by molar-refractivity contribution is 5.81. The van der Waals surface area contributed by atoms with E-state index in [1.165, 1.54) is 17.8 Å². The van der Waals surface area contributed by atoms with Crippen LogP contribution in [-0.4, -0.2) is 55.0 Å². The molecule has 2 aromatic rings. The molecule has 0 saturated carbocycles. The summed E-state index contributed by atoms with van der Waals surface area (Å²) < 4.78 is 13.3. The van der Waals surface area contributed by atoms with Crippen LogP contribution in [0.4, 0.5) is 10.1 Å². The van der Waals surface area contributed by atoms with Crippen LogP contribution >= 0.6 is 0 Å². The van der Waals surface area contributed by atoms with Crippen molar-refractivity contribution in [3.63, 3.8) is 0 Å². The van der Waals surface area contributed by atoms with Crippen LogP contribution in [0.15, 0.2) is 54.6 Å². The number of hydrogen-bond acceptors (Lipinski definition) is 3. The summed E-state index contributed by atoms with van der Waals surface area (Å²) in [5, 5.41) is 0. The minimum absolute atomic E-state index is 0.0717. The van der Waals surface area contributed by atoms with Crippen molar-refractivity contribution < 1.29 is 9.18 Å². The maximum absolute atomic E-state index is 13.3. The van der Waals surface area contributed by atoms with E-state index >= 15 is 0 Å². The number of nitrogens with zero attached hydrogens (tertiary/aromatic N) is 3. The lowest BCUT2D eigenvalue weighted by molar-refractivity contribution is -0.135. The Balaban J connectivity index is 1.54. The van der Waals surface area contributed by atoms with Crippen molar-refractivity contribution in [1.29, 1.82) is 0 Å². The molecule has 1 atom stereocenters. The molecule has 1 heterocycles. The fourth-order valence-corrected chi connectivity index (χ4v) is 3.47. The van der Waals surface area contributed by atoms with Crippen LogP contribution < -0.4 is 4.90 Å². The summed E-state index contributed by atoms with van der Waals surface area (Å²) in [5.74, 6) is -0.198. The minimum atomic E-state index is -0.270. The zero-order valence-electron chi connectivity index (χ0n) is 15.4. The lowest BCUT2D eigenvalue weighted by Gasteiger charge is -2.39. The molecule has 0 spiro atoms. The number of anilines is 1. The fourth-order valence-electron chi connectivity index (χ4n) is 3.47. The number of carbonyl (C=O) groups excluding carboxylic acids is 1. The predicted octanol–water partition coefficient (Wildman–Crippen LogP) is 2.99. The van der Waals surface area contributed by atoms with E-state index in [-0.39, 0.29) is 17.8 Å². The third kappa shape index (κ3) is 4.41. The van der Waals surface area contributed by atoms with Crippen molar-refractivity contribution in [1.82, 2.24) is 9.80 Å². The van der Waals surface area contributed by atoms with Crippen LogP contribution in [0.5, 0.6) is 0 Å². The third-order valence-electron chi connectivity index (χ3n) is 5.03. The van der Waals surface area contributed by atoms with Gasteiger partial charge in [0.05, 0.1) is 6.04 Å². The van der Waals surface area contributed by atoms with Gasteiger partial charge < -0.3 is 9.80 Å². The largest absolute Gasteiger partial charge is 0.369 e. The smallest absolute Gasteiger partial charge is 0.239 e. The Bertz CT molecular complexity index is 729. The second kappa shape index (κ2) is 8.32. The molecule has 2 aromatic carbocycles. The normalized spacial score (nSPS) is 16.3. The van der Waals surface area contributed by atoms with E-state index in [0.717, 1.165) is 31.7 Å². The van der Waals surface area contributed by atoms with Gasteiger partial charge in [-0.25, -0.2) is 4.39 Å². The Labute approximate surface area is 154 Å². The zero-order valence-corrected chi connectivity index (χ0v) is 15.4. The topological polar surface area (TPSA) is 26.8 Å². The van der Waals surface area contributed by atoms with Crippen LogP contribution in [0.3, 0.4) is 0 Å². The Morgan fingerprint density at radius 2 is 1.77 bits per heavy atom. The molecular weight excluding hydrogens is 329 g/mol. The van der Waals surface area contributed by atoms with E-state index in [1.807, 2.05) is 19.1 Å². The molecule has 1 aliphatic heterocycles. The van der Waals surface area contributed by atoms with E-state index in [0.29, 0.717) is 6.54 Å². The molecule has 0 radical (unpaired) electrons. The average Bonchev–Trinajstić information content (AvgIpc) is 2.67. The first-order valence-corrected chi connectivity index (χ1v) is 9.08. The summed E-state index contributed by atoms with van der Waals surface area (Å²) in [7, 11) is 1.78. The molecular formula is C21H26FN3O. The zero-order chi connectivity index (χ0) is 18.5. The van der Waals surface area contributed by atoms with Gasteiger partial charge in [0.2, 0.25) is 5.91 Å². The minimum Gasteiger partial charge on any atom is -0.369 e. The first kappa shape index (κ1) is 18.4. The van der Waals surface area contributed by atoms with Crippen molar-refractivity contribution in [2.45, 2.75) is 19.5 Å². The number of rotatable bonds is 5. The first-order valence-electron chi connectivity index (χ1n) is 9.08. The summed E-state index contributed by atoms with van der Waals surface area (Å²) in [6.45, 7) is 5.92. The van der Waals surface area contributed by atoms with Gasteiger partial charge in [0, 0.05) is 45.5 Å². The van der Waals surface area contributed by atoms with Crippen LogP contribution in [0.25, 0.3) is 0 Å². The quantitative estimate of drug-likeness (QED) is 0.825. The van der Waals surface area contributed by atoms with Crippen LogP contribution in [-0.2, 0) is 11.3 Å². The van der Waals surface area contributed by atoms with Crippen molar-refractivity contribution in [2.75, 3.05) is 38.1 Å². The van der Waals surface area contributed by atoms with Crippen LogP contribution in [0.2, 0.25) is 0 Å². The molecule has 1 aliphatic rings. The van der Waals surface area contributed by atoms with Gasteiger partial charge in [-0.1, -0.05) is 30.3 Å². The van der Waals surface area contributed by atoms with Gasteiger partial charge in [-0.05, 0) is 36.8 Å². The van der Waals surface area contributed by atoms with E-state index in [1.54, 1.807) is 18.0 Å². The van der Waals surface area contributed by atoms with Crippen LogP contribution in [0.1, 0.15) is 12.5 Å². The Morgan fingerprint density at radius 1 is 1.08 bits per heavy atom. The fraction of sp³-hybridized carbons (Fsp3) is 0.381. The predicted molar refractivity (Wildman–Crippen MR) is 103 cm³/mol. The molecule has 0 aliphatic carbocycles. The van der Waals surface area contributed by atoms with Crippen LogP contribution in [0, 0.1) is 5.82 Å². The second-order valence-corrected chi connectivity index (χ2v) is 6.86. The molecule has 4 nitrogen and oxygen atoms in total. The molecule has 1 saturated heterocycles. The highest BCUT2D eigenvalue weighted by atomic mass is 19.1.